The summed E-state index contributed by atoms with van der Waals surface area (Å²) >= 11 is 0. The highest BCUT2D eigenvalue weighted by Gasteiger charge is 2.10. The lowest BCUT2D eigenvalue weighted by molar-refractivity contribution is 0.421. The molecule has 0 amide bonds. The van der Waals surface area contributed by atoms with Gasteiger partial charge in [0.25, 0.3) is 5.89 Å². The quantitative estimate of drug-likeness (QED) is 0.320. The molecule has 0 saturated heterocycles. The van der Waals surface area contributed by atoms with Gasteiger partial charge in [-0.05, 0) is 31.4 Å². The summed E-state index contributed by atoms with van der Waals surface area (Å²) in [5.41, 5.74) is 0.687. The van der Waals surface area contributed by atoms with Crippen LogP contribution in [0.15, 0.2) is 33.9 Å². The first-order valence-electron chi connectivity index (χ1n) is 9.29. The number of aromatic nitrogens is 3. The third kappa shape index (κ3) is 8.68. The lowest BCUT2D eigenvalue weighted by atomic mass is 10.0. The largest absolute Gasteiger partial charge is 0.356 e. The van der Waals surface area contributed by atoms with Crippen LogP contribution >= 0.6 is 24.0 Å². The van der Waals surface area contributed by atoms with Crippen LogP contribution in [0.1, 0.15) is 45.9 Å². The zero-order valence-electron chi connectivity index (χ0n) is 16.6. The van der Waals surface area contributed by atoms with Crippen molar-refractivity contribution in [2.45, 2.75) is 52.5 Å². The number of halogens is 1. The van der Waals surface area contributed by atoms with Gasteiger partial charge in [0.05, 0.1) is 0 Å². The third-order valence-electron chi connectivity index (χ3n) is 4.02. The number of guanidine groups is 1. The second kappa shape index (κ2) is 12.6. The van der Waals surface area contributed by atoms with Crippen LogP contribution in [0.2, 0.25) is 0 Å². The normalized spacial score (nSPS) is 12.6. The SMILES string of the molecule is CN=C(NCCc1noc(-c2ccccn2)n1)NC(C)CCCC(C)C.I. The van der Waals surface area contributed by atoms with Gasteiger partial charge >= 0.3 is 0 Å². The maximum absolute atomic E-state index is 5.27. The number of hydrogen-bond donors (Lipinski definition) is 2. The number of nitrogens with one attached hydrogen (secondary N) is 2. The van der Waals surface area contributed by atoms with E-state index >= 15 is 0 Å². The Hall–Kier alpha value is -1.71. The first kappa shape index (κ1) is 23.3. The van der Waals surface area contributed by atoms with Crippen molar-refractivity contribution in [3.8, 4) is 11.6 Å². The molecule has 1 atom stereocenters. The average Bonchev–Trinajstić information content (AvgIpc) is 3.10. The van der Waals surface area contributed by atoms with E-state index in [9.17, 15) is 0 Å². The molecule has 0 aliphatic heterocycles. The molecule has 1 unspecified atom stereocenters. The van der Waals surface area contributed by atoms with E-state index in [1.54, 1.807) is 13.2 Å². The fourth-order valence-electron chi connectivity index (χ4n) is 2.57. The molecule has 0 aliphatic rings. The van der Waals surface area contributed by atoms with E-state index in [1.165, 1.54) is 12.8 Å². The van der Waals surface area contributed by atoms with Gasteiger partial charge in [0.1, 0.15) is 5.69 Å². The minimum atomic E-state index is 0. The van der Waals surface area contributed by atoms with Gasteiger partial charge in [-0.25, -0.2) is 0 Å². The van der Waals surface area contributed by atoms with Crippen molar-refractivity contribution in [2.24, 2.45) is 10.9 Å². The first-order chi connectivity index (χ1) is 12.6. The van der Waals surface area contributed by atoms with E-state index in [2.05, 4.69) is 51.5 Å². The Morgan fingerprint density at radius 2 is 2.04 bits per heavy atom. The molecular weight excluding hydrogens is 455 g/mol. The van der Waals surface area contributed by atoms with E-state index in [0.29, 0.717) is 36.4 Å². The molecule has 7 nitrogen and oxygen atoms in total. The molecule has 2 aromatic heterocycles. The van der Waals surface area contributed by atoms with E-state index in [1.807, 2.05) is 18.2 Å². The molecule has 0 radical (unpaired) electrons. The minimum Gasteiger partial charge on any atom is -0.356 e. The summed E-state index contributed by atoms with van der Waals surface area (Å²) < 4.78 is 5.27. The Morgan fingerprint density at radius 3 is 2.70 bits per heavy atom. The summed E-state index contributed by atoms with van der Waals surface area (Å²) in [7, 11) is 1.78. The van der Waals surface area contributed by atoms with Gasteiger partial charge in [-0.1, -0.05) is 37.9 Å². The van der Waals surface area contributed by atoms with Gasteiger partial charge in [0.15, 0.2) is 11.8 Å². The summed E-state index contributed by atoms with van der Waals surface area (Å²) in [6.45, 7) is 7.39. The third-order valence-corrected chi connectivity index (χ3v) is 4.02. The maximum atomic E-state index is 5.27. The summed E-state index contributed by atoms with van der Waals surface area (Å²) in [5.74, 6) is 2.65. The molecule has 2 aromatic rings. The van der Waals surface area contributed by atoms with Crippen molar-refractivity contribution >= 4 is 29.9 Å². The number of nitrogens with zero attached hydrogens (tertiary/aromatic N) is 4. The highest BCUT2D eigenvalue weighted by atomic mass is 127. The molecule has 2 rings (SSSR count). The molecular formula is C19H31IN6O. The molecule has 0 bridgehead atoms. The van der Waals surface area contributed by atoms with Gasteiger partial charge < -0.3 is 15.2 Å². The molecule has 8 heteroatoms. The van der Waals surface area contributed by atoms with Crippen LogP contribution in [0.25, 0.3) is 11.6 Å². The van der Waals surface area contributed by atoms with Crippen molar-refractivity contribution in [3.63, 3.8) is 0 Å². The van der Waals surface area contributed by atoms with Crippen molar-refractivity contribution in [1.29, 1.82) is 0 Å². The molecule has 2 heterocycles. The fourth-order valence-corrected chi connectivity index (χ4v) is 2.57. The van der Waals surface area contributed by atoms with Crippen molar-refractivity contribution in [2.75, 3.05) is 13.6 Å². The smallest absolute Gasteiger partial charge is 0.276 e. The van der Waals surface area contributed by atoms with Gasteiger partial charge in [0, 0.05) is 32.3 Å². The molecule has 0 aliphatic carbocycles. The van der Waals surface area contributed by atoms with E-state index < -0.39 is 0 Å². The number of pyridine rings is 1. The molecule has 0 spiro atoms. The van der Waals surface area contributed by atoms with Crippen LogP contribution in [0.4, 0.5) is 0 Å². The Labute approximate surface area is 178 Å². The lowest BCUT2D eigenvalue weighted by Crippen LogP contribution is -2.42. The van der Waals surface area contributed by atoms with Gasteiger partial charge in [0.2, 0.25) is 0 Å². The molecule has 0 aromatic carbocycles. The second-order valence-electron chi connectivity index (χ2n) is 6.85. The maximum Gasteiger partial charge on any atom is 0.276 e. The lowest BCUT2D eigenvalue weighted by Gasteiger charge is -2.18. The van der Waals surface area contributed by atoms with Crippen LogP contribution in [-0.2, 0) is 6.42 Å². The molecule has 150 valence electrons. The van der Waals surface area contributed by atoms with Crippen molar-refractivity contribution in [1.82, 2.24) is 25.8 Å². The Kier molecular flexibility index (Phi) is 10.9. The van der Waals surface area contributed by atoms with Crippen molar-refractivity contribution in [3.05, 3.63) is 30.2 Å². The van der Waals surface area contributed by atoms with Crippen LogP contribution < -0.4 is 10.6 Å². The zero-order chi connectivity index (χ0) is 18.8. The number of aliphatic imine (C=N–C) groups is 1. The average molecular weight is 486 g/mol. The van der Waals surface area contributed by atoms with Crippen LogP contribution in [0, 0.1) is 5.92 Å². The van der Waals surface area contributed by atoms with E-state index in [-0.39, 0.29) is 24.0 Å². The zero-order valence-corrected chi connectivity index (χ0v) is 18.9. The summed E-state index contributed by atoms with van der Waals surface area (Å²) in [6.07, 6.45) is 5.98. The topological polar surface area (TPSA) is 88.2 Å². The van der Waals surface area contributed by atoms with Gasteiger partial charge in [-0.15, -0.1) is 24.0 Å². The first-order valence-corrected chi connectivity index (χ1v) is 9.29. The van der Waals surface area contributed by atoms with Gasteiger partial charge in [-0.2, -0.15) is 4.98 Å². The standard InChI is InChI=1S/C19H30N6O.HI/c1-14(2)8-7-9-15(3)23-19(20-4)22-13-11-17-24-18(26-25-17)16-10-5-6-12-21-16;/h5-6,10,12,14-15H,7-9,11,13H2,1-4H3,(H2,20,22,23);1H. The van der Waals surface area contributed by atoms with E-state index in [0.717, 1.165) is 18.3 Å². The predicted octanol–water partition coefficient (Wildman–Crippen LogP) is 3.67. The minimum absolute atomic E-state index is 0. The van der Waals surface area contributed by atoms with Crippen molar-refractivity contribution < 1.29 is 4.52 Å². The van der Waals surface area contributed by atoms with Crippen LogP contribution in [0.3, 0.4) is 0 Å². The highest BCUT2D eigenvalue weighted by Crippen LogP contribution is 2.13. The highest BCUT2D eigenvalue weighted by molar-refractivity contribution is 14.0. The van der Waals surface area contributed by atoms with E-state index in [4.69, 9.17) is 4.52 Å². The number of hydrogen-bond acceptors (Lipinski definition) is 5. The summed E-state index contributed by atoms with van der Waals surface area (Å²) in [4.78, 5) is 12.9. The predicted molar refractivity (Wildman–Crippen MR) is 119 cm³/mol. The molecule has 27 heavy (non-hydrogen) atoms. The monoisotopic (exact) mass is 486 g/mol. The molecule has 0 fully saturated rings. The van der Waals surface area contributed by atoms with Gasteiger partial charge in [-0.3, -0.25) is 9.98 Å². The Balaban J connectivity index is 0.00000364. The summed E-state index contributed by atoms with van der Waals surface area (Å²) in [6, 6.07) is 5.99. The van der Waals surface area contributed by atoms with Crippen LogP contribution in [0.5, 0.6) is 0 Å². The number of rotatable bonds is 9. The van der Waals surface area contributed by atoms with Crippen LogP contribution in [-0.4, -0.2) is 40.7 Å². The Morgan fingerprint density at radius 1 is 1.22 bits per heavy atom. The second-order valence-corrected chi connectivity index (χ2v) is 6.85. The summed E-state index contributed by atoms with van der Waals surface area (Å²) in [5, 5.41) is 10.7. The Bertz CT molecular complexity index is 674. The molecule has 0 saturated carbocycles. The fraction of sp³-hybridized carbons (Fsp3) is 0.579. The molecule has 2 N–H and O–H groups in total.